The van der Waals surface area contributed by atoms with Gasteiger partial charge in [-0.3, -0.25) is 4.79 Å². The van der Waals surface area contributed by atoms with Gasteiger partial charge < -0.3 is 15.1 Å². The smallest absolute Gasteiger partial charge is 0.224 e. The van der Waals surface area contributed by atoms with Crippen LogP contribution in [0.3, 0.4) is 0 Å². The van der Waals surface area contributed by atoms with Crippen LogP contribution in [0.5, 0.6) is 0 Å². The number of aromatic nitrogens is 1. The fourth-order valence-electron chi connectivity index (χ4n) is 1.77. The first-order valence-electron chi connectivity index (χ1n) is 6.00. The van der Waals surface area contributed by atoms with Crippen molar-refractivity contribution in [3.8, 4) is 0 Å². The van der Waals surface area contributed by atoms with Gasteiger partial charge in [-0.15, -0.1) is 24.8 Å². The van der Waals surface area contributed by atoms with Gasteiger partial charge in [0.25, 0.3) is 0 Å². The molecule has 5 nitrogen and oxygen atoms in total. The van der Waals surface area contributed by atoms with Gasteiger partial charge in [-0.05, 0) is 32.1 Å². The SMILES string of the molecule is CNCCCC(=O)Nc1ccc2nc(C)oc2c1.Cl.Cl. The standard InChI is InChI=1S/C13H17N3O2.2ClH/c1-9-15-11-6-5-10(8-12(11)18-9)16-13(17)4-3-7-14-2;;/h5-6,8,14H,3-4,7H2,1-2H3,(H,16,17);2*1H. The maximum atomic E-state index is 11.6. The van der Waals surface area contributed by atoms with Crippen LogP contribution < -0.4 is 10.6 Å². The molecule has 2 N–H and O–H groups in total. The zero-order valence-electron chi connectivity index (χ0n) is 11.4. The number of benzene rings is 1. The van der Waals surface area contributed by atoms with E-state index in [0.29, 0.717) is 17.9 Å². The number of anilines is 1. The van der Waals surface area contributed by atoms with E-state index in [-0.39, 0.29) is 30.7 Å². The molecule has 0 saturated carbocycles. The van der Waals surface area contributed by atoms with E-state index in [1.165, 1.54) is 0 Å². The lowest BCUT2D eigenvalue weighted by Crippen LogP contribution is -2.15. The van der Waals surface area contributed by atoms with Crippen molar-refractivity contribution in [2.75, 3.05) is 18.9 Å². The molecule has 0 unspecified atom stereocenters. The van der Waals surface area contributed by atoms with E-state index < -0.39 is 0 Å². The summed E-state index contributed by atoms with van der Waals surface area (Å²) in [6, 6.07) is 5.47. The van der Waals surface area contributed by atoms with Crippen LogP contribution in [-0.2, 0) is 4.79 Å². The average Bonchev–Trinajstić information content (AvgIpc) is 2.69. The Labute approximate surface area is 130 Å². The molecule has 2 aromatic rings. The van der Waals surface area contributed by atoms with E-state index in [9.17, 15) is 4.79 Å². The Bertz CT molecular complexity index is 558. The second-order valence-electron chi connectivity index (χ2n) is 4.17. The third kappa shape index (κ3) is 5.00. The van der Waals surface area contributed by atoms with E-state index in [1.54, 1.807) is 13.0 Å². The molecule has 112 valence electrons. The van der Waals surface area contributed by atoms with E-state index >= 15 is 0 Å². The quantitative estimate of drug-likeness (QED) is 0.831. The van der Waals surface area contributed by atoms with Gasteiger partial charge >= 0.3 is 0 Å². The minimum absolute atomic E-state index is 0. The van der Waals surface area contributed by atoms with Crippen LogP contribution in [0.25, 0.3) is 11.1 Å². The van der Waals surface area contributed by atoms with Gasteiger partial charge in [0.05, 0.1) is 0 Å². The molecule has 1 aromatic carbocycles. The van der Waals surface area contributed by atoms with Gasteiger partial charge in [-0.2, -0.15) is 0 Å². The summed E-state index contributed by atoms with van der Waals surface area (Å²) in [5.74, 6) is 0.642. The van der Waals surface area contributed by atoms with E-state index in [1.807, 2.05) is 19.2 Å². The number of hydrogen-bond acceptors (Lipinski definition) is 4. The van der Waals surface area contributed by atoms with Gasteiger partial charge in [-0.25, -0.2) is 4.98 Å². The van der Waals surface area contributed by atoms with Gasteiger partial charge in [0, 0.05) is 25.1 Å². The van der Waals surface area contributed by atoms with E-state index in [0.717, 1.165) is 24.2 Å². The molecule has 0 saturated heterocycles. The number of nitrogens with zero attached hydrogens (tertiary/aromatic N) is 1. The molecule has 0 fully saturated rings. The maximum absolute atomic E-state index is 11.6. The summed E-state index contributed by atoms with van der Waals surface area (Å²) in [6.07, 6.45) is 1.33. The fraction of sp³-hybridized carbons (Fsp3) is 0.385. The molecule has 0 aliphatic carbocycles. The number of nitrogens with one attached hydrogen (secondary N) is 2. The number of hydrogen-bond donors (Lipinski definition) is 2. The Kier molecular flexibility index (Phi) is 8.22. The van der Waals surface area contributed by atoms with Crippen molar-refractivity contribution in [2.24, 2.45) is 0 Å². The summed E-state index contributed by atoms with van der Waals surface area (Å²) < 4.78 is 5.42. The molecule has 1 amide bonds. The molecule has 0 bridgehead atoms. The number of fused-ring (bicyclic) bond motifs is 1. The van der Waals surface area contributed by atoms with Crippen molar-refractivity contribution >= 4 is 47.5 Å². The molecule has 20 heavy (non-hydrogen) atoms. The summed E-state index contributed by atoms with van der Waals surface area (Å²) in [5, 5.41) is 5.86. The second-order valence-corrected chi connectivity index (χ2v) is 4.17. The third-order valence-corrected chi connectivity index (χ3v) is 2.61. The number of amides is 1. The number of oxazole rings is 1. The molecule has 2 rings (SSSR count). The van der Waals surface area contributed by atoms with Crippen LogP contribution in [0.4, 0.5) is 5.69 Å². The van der Waals surface area contributed by atoms with Crippen molar-refractivity contribution in [2.45, 2.75) is 19.8 Å². The van der Waals surface area contributed by atoms with Gasteiger partial charge in [0.2, 0.25) is 5.91 Å². The molecule has 0 aliphatic heterocycles. The third-order valence-electron chi connectivity index (χ3n) is 2.61. The van der Waals surface area contributed by atoms with E-state index in [4.69, 9.17) is 4.42 Å². The number of halogens is 2. The lowest BCUT2D eigenvalue weighted by atomic mass is 10.2. The van der Waals surface area contributed by atoms with Crippen LogP contribution in [0, 0.1) is 6.92 Å². The first kappa shape index (κ1) is 18.7. The van der Waals surface area contributed by atoms with Crippen molar-refractivity contribution in [3.05, 3.63) is 24.1 Å². The number of carbonyl (C=O) groups is 1. The van der Waals surface area contributed by atoms with Crippen molar-refractivity contribution in [3.63, 3.8) is 0 Å². The molecule has 0 atom stereocenters. The largest absolute Gasteiger partial charge is 0.441 e. The Morgan fingerprint density at radius 1 is 1.35 bits per heavy atom. The summed E-state index contributed by atoms with van der Waals surface area (Å²) >= 11 is 0. The summed E-state index contributed by atoms with van der Waals surface area (Å²) in [7, 11) is 1.87. The molecular formula is C13H19Cl2N3O2. The van der Waals surface area contributed by atoms with Crippen LogP contribution in [0.2, 0.25) is 0 Å². The van der Waals surface area contributed by atoms with Gasteiger partial charge in [0.1, 0.15) is 5.52 Å². The second kappa shape index (κ2) is 8.79. The van der Waals surface area contributed by atoms with E-state index in [2.05, 4.69) is 15.6 Å². The zero-order chi connectivity index (χ0) is 13.0. The predicted octanol–water partition coefficient (Wildman–Crippen LogP) is 2.92. The van der Waals surface area contributed by atoms with Crippen molar-refractivity contribution < 1.29 is 9.21 Å². The molecule has 7 heteroatoms. The molecule has 0 radical (unpaired) electrons. The lowest BCUT2D eigenvalue weighted by Gasteiger charge is -2.04. The van der Waals surface area contributed by atoms with Gasteiger partial charge in [-0.1, -0.05) is 0 Å². The maximum Gasteiger partial charge on any atom is 0.224 e. The minimum Gasteiger partial charge on any atom is -0.441 e. The van der Waals surface area contributed by atoms with Crippen LogP contribution in [0.1, 0.15) is 18.7 Å². The Morgan fingerprint density at radius 2 is 2.10 bits per heavy atom. The monoisotopic (exact) mass is 319 g/mol. The highest BCUT2D eigenvalue weighted by Crippen LogP contribution is 2.19. The number of aryl methyl sites for hydroxylation is 1. The first-order chi connectivity index (χ1) is 8.69. The fourth-order valence-corrected chi connectivity index (χ4v) is 1.77. The Hall–Kier alpha value is -1.30. The predicted molar refractivity (Wildman–Crippen MR) is 85.0 cm³/mol. The highest BCUT2D eigenvalue weighted by molar-refractivity contribution is 5.92. The summed E-state index contributed by atoms with van der Waals surface area (Å²) in [6.45, 7) is 2.64. The summed E-state index contributed by atoms with van der Waals surface area (Å²) in [5.41, 5.74) is 2.24. The lowest BCUT2D eigenvalue weighted by molar-refractivity contribution is -0.116. The molecule has 0 aliphatic rings. The van der Waals surface area contributed by atoms with Crippen LogP contribution in [0.15, 0.2) is 22.6 Å². The highest BCUT2D eigenvalue weighted by atomic mass is 35.5. The molecular weight excluding hydrogens is 301 g/mol. The Balaban J connectivity index is 0.00000180. The Morgan fingerprint density at radius 3 is 2.80 bits per heavy atom. The minimum atomic E-state index is 0. The average molecular weight is 320 g/mol. The van der Waals surface area contributed by atoms with Crippen LogP contribution in [-0.4, -0.2) is 24.5 Å². The molecule has 0 spiro atoms. The highest BCUT2D eigenvalue weighted by Gasteiger charge is 2.06. The van der Waals surface area contributed by atoms with Crippen molar-refractivity contribution in [1.82, 2.24) is 10.3 Å². The zero-order valence-corrected chi connectivity index (χ0v) is 13.1. The van der Waals surface area contributed by atoms with Crippen molar-refractivity contribution in [1.29, 1.82) is 0 Å². The topological polar surface area (TPSA) is 67.2 Å². The normalized spacial score (nSPS) is 9.70. The number of rotatable bonds is 5. The number of carbonyl (C=O) groups excluding carboxylic acids is 1. The van der Waals surface area contributed by atoms with Gasteiger partial charge in [0.15, 0.2) is 11.5 Å². The first-order valence-corrected chi connectivity index (χ1v) is 6.00. The van der Waals surface area contributed by atoms with Crippen LogP contribution >= 0.6 is 24.8 Å². The molecule has 1 aromatic heterocycles. The molecule has 1 heterocycles. The summed E-state index contributed by atoms with van der Waals surface area (Å²) in [4.78, 5) is 15.8.